The molecular formula is C30H30ClN5O3S. The molecular weight excluding hydrogens is 546 g/mol. The zero-order chi connectivity index (χ0) is 28.2. The molecule has 1 amide bonds. The average Bonchev–Trinajstić information content (AvgIpc) is 3.33. The minimum Gasteiger partial charge on any atom is -0.493 e. The fourth-order valence-corrected chi connectivity index (χ4v) is 5.33. The van der Waals surface area contributed by atoms with Gasteiger partial charge in [0, 0.05) is 22.0 Å². The Hall–Kier alpha value is -3.95. The summed E-state index contributed by atoms with van der Waals surface area (Å²) >= 11 is 7.85. The Bertz CT molecular complexity index is 1590. The molecule has 0 aliphatic carbocycles. The van der Waals surface area contributed by atoms with E-state index in [0.29, 0.717) is 38.9 Å². The fraction of sp³-hybridized carbons (Fsp3) is 0.233. The van der Waals surface area contributed by atoms with Crippen molar-refractivity contribution in [1.29, 1.82) is 0 Å². The molecule has 4 aromatic rings. The van der Waals surface area contributed by atoms with Gasteiger partial charge in [0.05, 0.1) is 12.7 Å². The van der Waals surface area contributed by atoms with E-state index in [-0.39, 0.29) is 12.5 Å². The molecule has 2 N–H and O–H groups in total. The molecule has 1 aromatic heterocycles. The van der Waals surface area contributed by atoms with Crippen molar-refractivity contribution in [1.82, 2.24) is 14.8 Å². The van der Waals surface area contributed by atoms with Gasteiger partial charge in [-0.3, -0.25) is 4.79 Å². The van der Waals surface area contributed by atoms with E-state index in [1.165, 1.54) is 11.8 Å². The van der Waals surface area contributed by atoms with Crippen LogP contribution in [0.2, 0.25) is 5.02 Å². The third kappa shape index (κ3) is 5.80. The number of rotatable bonds is 9. The summed E-state index contributed by atoms with van der Waals surface area (Å²) in [5, 5.41) is 12.4. The van der Waals surface area contributed by atoms with Crippen LogP contribution in [0.25, 0.3) is 0 Å². The molecule has 10 heteroatoms. The highest BCUT2D eigenvalue weighted by atomic mass is 35.5. The molecule has 206 valence electrons. The number of methoxy groups -OCH3 is 1. The number of carbonyl (C=O) groups is 1. The minimum atomic E-state index is -0.550. The summed E-state index contributed by atoms with van der Waals surface area (Å²) in [6, 6.07) is 20.4. The smallest absolute Gasteiger partial charge is 0.255 e. The van der Waals surface area contributed by atoms with Gasteiger partial charge in [0.2, 0.25) is 11.1 Å². The number of halogens is 1. The third-order valence-electron chi connectivity index (χ3n) is 6.47. The minimum absolute atomic E-state index is 0.232. The predicted molar refractivity (Wildman–Crippen MR) is 159 cm³/mol. The van der Waals surface area contributed by atoms with Crippen LogP contribution in [0.15, 0.2) is 83.2 Å². The number of nitrogens with zero attached hydrogens (tertiary/aromatic N) is 3. The Balaban J connectivity index is 1.52. The zero-order valence-electron chi connectivity index (χ0n) is 22.7. The molecule has 0 fully saturated rings. The van der Waals surface area contributed by atoms with E-state index in [1.54, 1.807) is 11.8 Å². The molecule has 1 aliphatic heterocycles. The van der Waals surface area contributed by atoms with E-state index in [1.807, 2.05) is 87.5 Å². The number of aromatic nitrogens is 3. The Morgan fingerprint density at radius 2 is 1.93 bits per heavy atom. The first kappa shape index (κ1) is 27.6. The lowest BCUT2D eigenvalue weighted by Gasteiger charge is -2.29. The van der Waals surface area contributed by atoms with E-state index in [2.05, 4.69) is 15.6 Å². The van der Waals surface area contributed by atoms with E-state index in [9.17, 15) is 4.79 Å². The Morgan fingerprint density at radius 3 is 2.67 bits per heavy atom. The number of aryl methyl sites for hydroxylation is 1. The molecule has 8 nitrogen and oxygen atoms in total. The molecule has 40 heavy (non-hydrogen) atoms. The van der Waals surface area contributed by atoms with Crippen LogP contribution in [0, 0.1) is 6.92 Å². The van der Waals surface area contributed by atoms with Gasteiger partial charge >= 0.3 is 0 Å². The number of hydrogen-bond donors (Lipinski definition) is 2. The maximum absolute atomic E-state index is 13.8. The summed E-state index contributed by atoms with van der Waals surface area (Å²) < 4.78 is 13.6. The first-order valence-corrected chi connectivity index (χ1v) is 14.2. The van der Waals surface area contributed by atoms with E-state index >= 15 is 0 Å². The van der Waals surface area contributed by atoms with Crippen LogP contribution >= 0.6 is 23.4 Å². The summed E-state index contributed by atoms with van der Waals surface area (Å²) in [6.07, 6.45) is 0. The lowest BCUT2D eigenvalue weighted by Crippen LogP contribution is -2.31. The average molecular weight is 576 g/mol. The van der Waals surface area contributed by atoms with E-state index < -0.39 is 6.04 Å². The number of benzene rings is 3. The third-order valence-corrected chi connectivity index (χ3v) is 7.56. The quantitative estimate of drug-likeness (QED) is 0.210. The number of anilines is 2. The van der Waals surface area contributed by atoms with Crippen molar-refractivity contribution in [3.8, 4) is 11.5 Å². The molecule has 3 aromatic carbocycles. The topological polar surface area (TPSA) is 90.3 Å². The lowest BCUT2D eigenvalue weighted by molar-refractivity contribution is -0.113. The van der Waals surface area contributed by atoms with E-state index in [0.717, 1.165) is 28.1 Å². The summed E-state index contributed by atoms with van der Waals surface area (Å²) in [6.45, 7) is 6.20. The lowest BCUT2D eigenvalue weighted by atomic mass is 9.94. The second-order valence-corrected chi connectivity index (χ2v) is 10.9. The van der Waals surface area contributed by atoms with E-state index in [4.69, 9.17) is 26.2 Å². The number of carbonyl (C=O) groups excluding carboxylic acids is 1. The maximum atomic E-state index is 13.8. The first-order chi connectivity index (χ1) is 19.4. The standard InChI is InChI=1S/C30H30ClN5O3S/c1-5-40-30-34-29-32-19(3)26(28(37)33-22-11-8-9-18(2)15-22)27(36(29)35-30)20-13-14-24(25(16-20)38-4)39-17-21-10-6-7-12-23(21)31/h6-16,27H,5,17H2,1-4H3,(H,33,37)(H,32,34,35). The van der Waals surface area contributed by atoms with Crippen molar-refractivity contribution in [2.75, 3.05) is 23.5 Å². The van der Waals surface area contributed by atoms with Crippen LogP contribution in [-0.4, -0.2) is 33.5 Å². The second kappa shape index (κ2) is 12.1. The van der Waals surface area contributed by atoms with Crippen LogP contribution in [0.4, 0.5) is 11.6 Å². The van der Waals surface area contributed by atoms with Crippen LogP contribution in [0.3, 0.4) is 0 Å². The summed E-state index contributed by atoms with van der Waals surface area (Å²) in [5.74, 6) is 2.26. The Morgan fingerprint density at radius 1 is 1.10 bits per heavy atom. The largest absolute Gasteiger partial charge is 0.493 e. The normalized spacial score (nSPS) is 14.4. The summed E-state index contributed by atoms with van der Waals surface area (Å²) in [5.41, 5.74) is 4.67. The summed E-state index contributed by atoms with van der Waals surface area (Å²) in [4.78, 5) is 18.4. The molecule has 0 bridgehead atoms. The van der Waals surface area contributed by atoms with Crippen molar-refractivity contribution in [3.05, 3.63) is 99.7 Å². The molecule has 0 radical (unpaired) electrons. The summed E-state index contributed by atoms with van der Waals surface area (Å²) in [7, 11) is 1.59. The molecule has 0 saturated heterocycles. The van der Waals surface area contributed by atoms with Crippen LogP contribution in [0.5, 0.6) is 11.5 Å². The highest BCUT2D eigenvalue weighted by molar-refractivity contribution is 7.99. The Labute approximate surface area is 242 Å². The number of amides is 1. The highest BCUT2D eigenvalue weighted by Crippen LogP contribution is 2.40. The molecule has 5 rings (SSSR count). The molecule has 2 heterocycles. The Kier molecular flexibility index (Phi) is 8.32. The van der Waals surface area contributed by atoms with Gasteiger partial charge < -0.3 is 20.1 Å². The van der Waals surface area contributed by atoms with Crippen LogP contribution < -0.4 is 20.1 Å². The molecule has 1 aliphatic rings. The number of nitrogens with one attached hydrogen (secondary N) is 2. The van der Waals surface area contributed by atoms with Crippen molar-refractivity contribution in [2.24, 2.45) is 0 Å². The maximum Gasteiger partial charge on any atom is 0.255 e. The van der Waals surface area contributed by atoms with Crippen molar-refractivity contribution in [3.63, 3.8) is 0 Å². The van der Waals surface area contributed by atoms with Gasteiger partial charge in [-0.05, 0) is 61.1 Å². The number of hydrogen-bond acceptors (Lipinski definition) is 7. The first-order valence-electron chi connectivity index (χ1n) is 12.9. The zero-order valence-corrected chi connectivity index (χ0v) is 24.3. The number of allylic oxidation sites excluding steroid dienone is 1. The SMILES string of the molecule is CCSc1nc2n(n1)C(c1ccc(OCc3ccccc3Cl)c(OC)c1)C(C(=O)Nc1cccc(C)c1)=C(C)N2. The highest BCUT2D eigenvalue weighted by Gasteiger charge is 2.35. The number of thioether (sulfide) groups is 1. The van der Waals surface area contributed by atoms with Gasteiger partial charge in [-0.2, -0.15) is 4.98 Å². The monoisotopic (exact) mass is 575 g/mol. The van der Waals surface area contributed by atoms with Crippen molar-refractivity contribution in [2.45, 2.75) is 38.6 Å². The molecule has 1 unspecified atom stereocenters. The molecule has 0 spiro atoms. The van der Waals surface area contributed by atoms with Crippen LogP contribution in [0.1, 0.15) is 36.6 Å². The van der Waals surface area contributed by atoms with Gasteiger partial charge in [0.15, 0.2) is 11.5 Å². The predicted octanol–water partition coefficient (Wildman–Crippen LogP) is 6.87. The number of ether oxygens (including phenoxy) is 2. The fourth-order valence-electron chi connectivity index (χ4n) is 4.59. The molecule has 1 atom stereocenters. The van der Waals surface area contributed by atoms with Gasteiger partial charge in [-0.15, -0.1) is 5.10 Å². The number of fused-ring (bicyclic) bond motifs is 1. The second-order valence-electron chi connectivity index (χ2n) is 9.28. The van der Waals surface area contributed by atoms with Crippen molar-refractivity contribution >= 4 is 40.9 Å². The molecule has 0 saturated carbocycles. The van der Waals surface area contributed by atoms with Gasteiger partial charge in [-0.25, -0.2) is 4.68 Å². The van der Waals surface area contributed by atoms with Gasteiger partial charge in [-0.1, -0.05) is 66.7 Å². The van der Waals surface area contributed by atoms with Gasteiger partial charge in [0.25, 0.3) is 5.91 Å². The van der Waals surface area contributed by atoms with Crippen LogP contribution in [-0.2, 0) is 11.4 Å². The van der Waals surface area contributed by atoms with Gasteiger partial charge in [0.1, 0.15) is 12.6 Å². The van der Waals surface area contributed by atoms with Crippen molar-refractivity contribution < 1.29 is 14.3 Å².